The van der Waals surface area contributed by atoms with Crippen molar-refractivity contribution in [2.75, 3.05) is 36.5 Å². The summed E-state index contributed by atoms with van der Waals surface area (Å²) in [7, 11) is -6.62. The maximum Gasteiger partial charge on any atom is 0.294 e. The van der Waals surface area contributed by atoms with E-state index < -0.39 is 36.5 Å². The van der Waals surface area contributed by atoms with Crippen LogP contribution in [0.2, 0.25) is 0 Å². The minimum Gasteiger partial charge on any atom is -0.365 e. The van der Waals surface area contributed by atoms with Crippen LogP contribution >= 0.6 is 0 Å². The van der Waals surface area contributed by atoms with Gasteiger partial charge in [-0.1, -0.05) is 52.0 Å². The maximum absolute atomic E-state index is 14.1. The lowest BCUT2D eigenvalue weighted by atomic mass is 9.73. The smallest absolute Gasteiger partial charge is 0.294 e. The van der Waals surface area contributed by atoms with Gasteiger partial charge in [-0.2, -0.15) is 26.0 Å². The van der Waals surface area contributed by atoms with E-state index in [1.165, 1.54) is 23.4 Å². The highest BCUT2D eigenvalue weighted by Gasteiger charge is 2.55. The standard InChI is InChI=1S/C59H63N5O8S2/c1-11-62-46-23-19-37(73(66,67)68)31-43(46)57(4,5)52(62)16-14-12-13-15-51-56(2,3)41-29-35(17-21-45(41)61(51)10)34-60-55(65)36-18-22-47-42(30-36)58(6,7)53-39-33-40-50(72-49(39)25-27-63(47)53)26-28-64-48-24-20-38(74(69,70)71)32-44(48)59(8,9)54(40)64/h12-24,29-33,49-50H,11,25-28,34H2,1-10H3,(H-2,60,65,66,67,68,69,70,71)/p+2. The van der Waals surface area contributed by atoms with E-state index in [1.807, 2.05) is 30.4 Å². The molecule has 15 heteroatoms. The molecule has 0 saturated heterocycles. The predicted octanol–water partition coefficient (Wildman–Crippen LogP) is 9.86. The van der Waals surface area contributed by atoms with E-state index in [-0.39, 0.29) is 33.3 Å². The van der Waals surface area contributed by atoms with E-state index in [1.54, 1.807) is 18.2 Å². The summed E-state index contributed by atoms with van der Waals surface area (Å²) in [5.41, 5.74) is 14.6. The minimum absolute atomic E-state index is 0.0727. The maximum atomic E-state index is 14.1. The van der Waals surface area contributed by atoms with Crippen molar-refractivity contribution in [3.05, 3.63) is 165 Å². The number of benzene rings is 4. The van der Waals surface area contributed by atoms with Crippen LogP contribution in [0.5, 0.6) is 0 Å². The van der Waals surface area contributed by atoms with Crippen molar-refractivity contribution < 1.29 is 44.6 Å². The Kier molecular flexibility index (Phi) is 11.4. The number of carbonyl (C=O) groups excluding carboxylic acids is 1. The molecule has 3 N–H and O–H groups in total. The molecule has 2 unspecified atom stereocenters. The zero-order valence-electron chi connectivity index (χ0n) is 43.7. The van der Waals surface area contributed by atoms with Crippen LogP contribution in [0.1, 0.15) is 113 Å². The number of hydrogen-bond donors (Lipinski definition) is 3. The molecular weight excluding hydrogens is 971 g/mol. The molecule has 0 bridgehead atoms. The van der Waals surface area contributed by atoms with Crippen molar-refractivity contribution >= 4 is 60.3 Å². The Bertz CT molecular complexity index is 3650. The lowest BCUT2D eigenvalue weighted by molar-refractivity contribution is -0.445. The average Bonchev–Trinajstić information content (AvgIpc) is 3.90. The van der Waals surface area contributed by atoms with E-state index in [0.717, 1.165) is 99.2 Å². The average molecular weight is 1040 g/mol. The Morgan fingerprint density at radius 3 is 2.09 bits per heavy atom. The van der Waals surface area contributed by atoms with E-state index in [9.17, 15) is 30.7 Å². The summed E-state index contributed by atoms with van der Waals surface area (Å²) < 4.78 is 79.6. The van der Waals surface area contributed by atoms with E-state index >= 15 is 0 Å². The number of allylic oxidation sites excluding steroid dienone is 7. The zero-order valence-corrected chi connectivity index (χ0v) is 45.4. The quantitative estimate of drug-likeness (QED) is 0.0837. The molecule has 13 nitrogen and oxygen atoms in total. The highest BCUT2D eigenvalue weighted by atomic mass is 32.2. The second-order valence-corrected chi connectivity index (χ2v) is 25.6. The zero-order chi connectivity index (χ0) is 52.8. The molecule has 384 valence electrons. The molecule has 0 aliphatic carbocycles. The monoisotopic (exact) mass is 1040 g/mol. The third-order valence-corrected chi connectivity index (χ3v) is 18.7. The molecular formula is C59H65N5O8S2+2. The number of likely N-dealkylation sites (N-methyl/N-ethyl adjacent to an activating group) is 1. The first kappa shape index (κ1) is 50.0. The predicted molar refractivity (Wildman–Crippen MR) is 289 cm³/mol. The lowest BCUT2D eigenvalue weighted by Crippen LogP contribution is -2.47. The number of fused-ring (bicyclic) bond motifs is 10. The Morgan fingerprint density at radius 2 is 1.41 bits per heavy atom. The van der Waals surface area contributed by atoms with Gasteiger partial charge in [0.25, 0.3) is 26.1 Å². The van der Waals surface area contributed by atoms with E-state index in [2.05, 4.69) is 142 Å². The van der Waals surface area contributed by atoms with Crippen LogP contribution in [0.15, 0.2) is 142 Å². The molecule has 2 atom stereocenters. The SMILES string of the molecule is CCN1\C(=C/C=C/C=C/C2=[N+](C)c3ccc(CNC(=O)c4ccc5c(c4)C(C)(C)C4=[N+]5CCC5OC6CCN7C(=C6C=C45)C(C)(C)c4cc(S(=O)(=O)O)ccc47)cc3C2(C)C)C(C)(C)c2cc(S(=O)(=O)O)ccc21. The van der Waals surface area contributed by atoms with Crippen LogP contribution in [0.3, 0.4) is 0 Å². The molecule has 4 aromatic rings. The van der Waals surface area contributed by atoms with Gasteiger partial charge >= 0.3 is 0 Å². The molecule has 7 aliphatic heterocycles. The van der Waals surface area contributed by atoms with Crippen LogP contribution in [0, 0.1) is 0 Å². The summed E-state index contributed by atoms with van der Waals surface area (Å²) in [5.74, 6) is -0.141. The Morgan fingerprint density at radius 1 is 0.743 bits per heavy atom. The largest absolute Gasteiger partial charge is 0.365 e. The minimum atomic E-state index is -4.37. The second kappa shape index (κ2) is 16.9. The fourth-order valence-electron chi connectivity index (χ4n) is 13.4. The molecule has 4 aromatic carbocycles. The molecule has 74 heavy (non-hydrogen) atoms. The van der Waals surface area contributed by atoms with Gasteiger partial charge in [-0.25, -0.2) is 0 Å². The molecule has 11 rings (SSSR count). The first-order chi connectivity index (χ1) is 34.8. The first-order valence-corrected chi connectivity index (χ1v) is 28.4. The highest BCUT2D eigenvalue weighted by Crippen LogP contribution is 2.55. The van der Waals surface area contributed by atoms with Gasteiger partial charge in [0.05, 0.1) is 32.8 Å². The van der Waals surface area contributed by atoms with Gasteiger partial charge in [-0.15, -0.1) is 0 Å². The Balaban J connectivity index is 0.789. The number of nitrogens with zero attached hydrogens (tertiary/aromatic N) is 4. The first-order valence-electron chi connectivity index (χ1n) is 25.5. The van der Waals surface area contributed by atoms with Crippen LogP contribution < -0.4 is 15.1 Å². The summed E-state index contributed by atoms with van der Waals surface area (Å²) in [5, 5.41) is 3.22. The van der Waals surface area contributed by atoms with Crippen molar-refractivity contribution in [1.82, 2.24) is 5.32 Å². The molecule has 0 saturated carbocycles. The van der Waals surface area contributed by atoms with Crippen molar-refractivity contribution in [2.24, 2.45) is 0 Å². The Labute approximate surface area is 435 Å². The number of ether oxygens (including phenoxy) is 1. The van der Waals surface area contributed by atoms with Gasteiger partial charge in [0.1, 0.15) is 7.05 Å². The van der Waals surface area contributed by atoms with E-state index in [0.29, 0.717) is 18.7 Å². The van der Waals surface area contributed by atoms with Gasteiger partial charge in [0.2, 0.25) is 11.4 Å². The van der Waals surface area contributed by atoms with Gasteiger partial charge < -0.3 is 19.9 Å². The number of carbonyl (C=O) groups is 1. The number of nitrogens with one attached hydrogen (secondary N) is 1. The third-order valence-electron chi connectivity index (χ3n) is 17.0. The fraction of sp³-hybridized carbons (Fsp3) is 0.373. The number of hydrogen-bond acceptors (Lipinski definition) is 8. The summed E-state index contributed by atoms with van der Waals surface area (Å²) in [6, 6.07) is 22.2. The number of anilines is 2. The third kappa shape index (κ3) is 7.58. The van der Waals surface area contributed by atoms with Gasteiger partial charge in [-0.3, -0.25) is 13.9 Å². The van der Waals surface area contributed by atoms with Crippen molar-refractivity contribution in [3.8, 4) is 0 Å². The van der Waals surface area contributed by atoms with Crippen LogP contribution in [-0.4, -0.2) is 91.3 Å². The van der Waals surface area contributed by atoms with Crippen LogP contribution in [0.4, 0.5) is 22.7 Å². The van der Waals surface area contributed by atoms with Gasteiger partial charge in [0, 0.05) is 106 Å². The summed E-state index contributed by atoms with van der Waals surface area (Å²) in [4.78, 5) is 18.3. The van der Waals surface area contributed by atoms with Crippen LogP contribution in [-0.2, 0) is 53.2 Å². The molecule has 7 aliphatic rings. The molecule has 1 amide bonds. The summed E-state index contributed by atoms with van der Waals surface area (Å²) in [6.45, 7) is 21.9. The van der Waals surface area contributed by atoms with Gasteiger partial charge in [-0.05, 0) is 124 Å². The number of amides is 1. The molecule has 0 spiro atoms. The molecule has 0 fully saturated rings. The fourth-order valence-corrected chi connectivity index (χ4v) is 14.4. The second-order valence-electron chi connectivity index (χ2n) is 22.8. The lowest BCUT2D eigenvalue weighted by Gasteiger charge is -2.42. The number of rotatable bonds is 9. The summed E-state index contributed by atoms with van der Waals surface area (Å²) in [6.07, 6.45) is 14.1. The molecule has 0 aromatic heterocycles. The van der Waals surface area contributed by atoms with Crippen LogP contribution in [0.25, 0.3) is 0 Å². The van der Waals surface area contributed by atoms with E-state index in [4.69, 9.17) is 4.74 Å². The summed E-state index contributed by atoms with van der Waals surface area (Å²) >= 11 is 0. The normalized spacial score (nSPS) is 23.2. The van der Waals surface area contributed by atoms with Crippen molar-refractivity contribution in [1.29, 1.82) is 0 Å². The van der Waals surface area contributed by atoms with Crippen molar-refractivity contribution in [3.63, 3.8) is 0 Å². The molecule has 7 heterocycles. The highest BCUT2D eigenvalue weighted by molar-refractivity contribution is 7.86. The van der Waals surface area contributed by atoms with Crippen molar-refractivity contribution in [2.45, 2.75) is 125 Å². The molecule has 0 radical (unpaired) electrons. The topological polar surface area (TPSA) is 160 Å². The van der Waals surface area contributed by atoms with Gasteiger partial charge in [0.15, 0.2) is 18.0 Å². The Hall–Kier alpha value is -6.23.